The van der Waals surface area contributed by atoms with Crippen LogP contribution in [-0.4, -0.2) is 28.8 Å². The van der Waals surface area contributed by atoms with Crippen LogP contribution in [0.3, 0.4) is 0 Å². The van der Waals surface area contributed by atoms with Crippen LogP contribution in [0.5, 0.6) is 0 Å². The predicted molar refractivity (Wildman–Crippen MR) is 64.7 cm³/mol. The third-order valence-corrected chi connectivity index (χ3v) is 1.98. The summed E-state index contributed by atoms with van der Waals surface area (Å²) in [5.41, 5.74) is 0. The number of Topliss-reactive ketones (excluding diaryl/α,β-unsaturated/α-hetero) is 1. The molecule has 0 aromatic carbocycles. The number of hydrogen-bond donors (Lipinski definition) is 2. The Bertz CT molecular complexity index is 365. The van der Waals surface area contributed by atoms with Crippen molar-refractivity contribution in [1.82, 2.24) is 9.97 Å². The van der Waals surface area contributed by atoms with Crippen LogP contribution in [-0.2, 0) is 4.79 Å². The van der Waals surface area contributed by atoms with E-state index in [4.69, 9.17) is 0 Å². The Labute approximate surface area is 95.7 Å². The van der Waals surface area contributed by atoms with Crippen molar-refractivity contribution in [3.63, 3.8) is 0 Å². The summed E-state index contributed by atoms with van der Waals surface area (Å²) in [4.78, 5) is 19.3. The zero-order valence-electron chi connectivity index (χ0n) is 10.0. The van der Waals surface area contributed by atoms with Gasteiger partial charge in [-0.2, -0.15) is 0 Å². The number of aromatic nitrogens is 2. The maximum atomic E-state index is 10.8. The lowest BCUT2D eigenvalue weighted by molar-refractivity contribution is -0.116. The molecule has 0 saturated heterocycles. The number of nitrogens with zero attached hydrogens (tertiary/aromatic N) is 2. The van der Waals surface area contributed by atoms with Crippen molar-refractivity contribution in [3.05, 3.63) is 11.9 Å². The molecule has 0 spiro atoms. The van der Waals surface area contributed by atoms with Gasteiger partial charge in [-0.3, -0.25) is 4.79 Å². The van der Waals surface area contributed by atoms with Crippen LogP contribution in [0.25, 0.3) is 0 Å². The van der Waals surface area contributed by atoms with Gasteiger partial charge in [0.2, 0.25) is 0 Å². The minimum Gasteiger partial charge on any atom is -0.370 e. The summed E-state index contributed by atoms with van der Waals surface area (Å²) in [5.74, 6) is 2.44. The summed E-state index contributed by atoms with van der Waals surface area (Å²) in [7, 11) is 0. The standard InChI is InChI=1S/C11H18N4O/c1-4-12-10-7-11(15-9(3)14-10)13-6-5-8(2)16/h7H,4-6H2,1-3H3,(H2,12,13,14,15). The molecule has 0 unspecified atom stereocenters. The van der Waals surface area contributed by atoms with E-state index in [1.54, 1.807) is 6.92 Å². The van der Waals surface area contributed by atoms with E-state index in [0.717, 1.165) is 18.2 Å². The molecule has 0 aliphatic rings. The lowest BCUT2D eigenvalue weighted by atomic mass is 10.3. The molecule has 0 aliphatic carbocycles. The molecule has 0 atom stereocenters. The number of hydrogen-bond acceptors (Lipinski definition) is 5. The second kappa shape index (κ2) is 6.05. The Morgan fingerprint density at radius 1 is 1.31 bits per heavy atom. The highest BCUT2D eigenvalue weighted by molar-refractivity contribution is 5.75. The van der Waals surface area contributed by atoms with Crippen LogP contribution in [0, 0.1) is 6.92 Å². The number of anilines is 2. The average molecular weight is 222 g/mol. The molecule has 0 saturated carbocycles. The molecule has 0 radical (unpaired) electrons. The highest BCUT2D eigenvalue weighted by atomic mass is 16.1. The Morgan fingerprint density at radius 2 is 1.94 bits per heavy atom. The van der Waals surface area contributed by atoms with Crippen molar-refractivity contribution in [1.29, 1.82) is 0 Å². The molecule has 16 heavy (non-hydrogen) atoms. The summed E-state index contributed by atoms with van der Waals surface area (Å²) in [5, 5.41) is 6.23. The quantitative estimate of drug-likeness (QED) is 0.765. The van der Waals surface area contributed by atoms with Gasteiger partial charge in [0, 0.05) is 25.6 Å². The summed E-state index contributed by atoms with van der Waals surface area (Å²) >= 11 is 0. The van der Waals surface area contributed by atoms with E-state index >= 15 is 0 Å². The summed E-state index contributed by atoms with van der Waals surface area (Å²) in [6.45, 7) is 6.87. The molecular formula is C11H18N4O. The van der Waals surface area contributed by atoms with Gasteiger partial charge in [-0.1, -0.05) is 0 Å². The Morgan fingerprint density at radius 3 is 2.50 bits per heavy atom. The first-order valence-electron chi connectivity index (χ1n) is 5.44. The summed E-state index contributed by atoms with van der Waals surface area (Å²) in [6, 6.07) is 1.84. The first-order valence-corrected chi connectivity index (χ1v) is 5.44. The second-order valence-corrected chi connectivity index (χ2v) is 3.59. The van der Waals surface area contributed by atoms with Crippen molar-refractivity contribution in [2.75, 3.05) is 23.7 Å². The fourth-order valence-electron chi connectivity index (χ4n) is 1.30. The van der Waals surface area contributed by atoms with Crippen molar-refractivity contribution < 1.29 is 4.79 Å². The molecule has 1 heterocycles. The molecule has 0 fully saturated rings. The average Bonchev–Trinajstić information content (AvgIpc) is 2.16. The Kier molecular flexibility index (Phi) is 4.69. The van der Waals surface area contributed by atoms with Crippen LogP contribution >= 0.6 is 0 Å². The van der Waals surface area contributed by atoms with Crippen LogP contribution in [0.15, 0.2) is 6.07 Å². The molecular weight excluding hydrogens is 204 g/mol. The highest BCUT2D eigenvalue weighted by Crippen LogP contribution is 2.10. The van der Waals surface area contributed by atoms with E-state index in [2.05, 4.69) is 20.6 Å². The first kappa shape index (κ1) is 12.4. The van der Waals surface area contributed by atoms with Crippen LogP contribution < -0.4 is 10.6 Å². The Balaban J connectivity index is 2.61. The monoisotopic (exact) mass is 222 g/mol. The molecule has 1 aromatic heterocycles. The van der Waals surface area contributed by atoms with Gasteiger partial charge in [-0.05, 0) is 20.8 Å². The number of carbonyl (C=O) groups excluding carboxylic acids is 1. The SMILES string of the molecule is CCNc1cc(NCCC(C)=O)nc(C)n1. The van der Waals surface area contributed by atoms with Gasteiger partial charge in [0.1, 0.15) is 23.2 Å². The van der Waals surface area contributed by atoms with Crippen LogP contribution in [0.2, 0.25) is 0 Å². The molecule has 88 valence electrons. The molecule has 5 heteroatoms. The van der Waals surface area contributed by atoms with Gasteiger partial charge in [-0.15, -0.1) is 0 Å². The van der Waals surface area contributed by atoms with Gasteiger partial charge < -0.3 is 10.6 Å². The minimum atomic E-state index is 0.171. The van der Waals surface area contributed by atoms with Gasteiger partial charge in [0.25, 0.3) is 0 Å². The maximum Gasteiger partial charge on any atom is 0.131 e. The fourth-order valence-corrected chi connectivity index (χ4v) is 1.30. The van der Waals surface area contributed by atoms with E-state index in [-0.39, 0.29) is 5.78 Å². The third-order valence-electron chi connectivity index (χ3n) is 1.98. The van der Waals surface area contributed by atoms with Gasteiger partial charge >= 0.3 is 0 Å². The van der Waals surface area contributed by atoms with E-state index < -0.39 is 0 Å². The molecule has 0 aliphatic heterocycles. The van der Waals surface area contributed by atoms with Gasteiger partial charge in [-0.25, -0.2) is 9.97 Å². The normalized spacial score (nSPS) is 9.94. The first-order chi connectivity index (χ1) is 7.61. The van der Waals surface area contributed by atoms with Crippen molar-refractivity contribution in [3.8, 4) is 0 Å². The van der Waals surface area contributed by atoms with E-state index in [1.165, 1.54) is 0 Å². The van der Waals surface area contributed by atoms with E-state index in [9.17, 15) is 4.79 Å². The van der Waals surface area contributed by atoms with Crippen molar-refractivity contribution in [2.45, 2.75) is 27.2 Å². The zero-order valence-corrected chi connectivity index (χ0v) is 10.0. The smallest absolute Gasteiger partial charge is 0.131 e. The molecule has 0 bridgehead atoms. The van der Waals surface area contributed by atoms with E-state index in [1.807, 2.05) is 19.9 Å². The second-order valence-electron chi connectivity index (χ2n) is 3.59. The lowest BCUT2D eigenvalue weighted by Gasteiger charge is -2.08. The highest BCUT2D eigenvalue weighted by Gasteiger charge is 2.01. The Hall–Kier alpha value is -1.65. The van der Waals surface area contributed by atoms with E-state index in [0.29, 0.717) is 18.8 Å². The zero-order chi connectivity index (χ0) is 12.0. The lowest BCUT2D eigenvalue weighted by Crippen LogP contribution is -2.09. The molecule has 1 aromatic rings. The summed E-state index contributed by atoms with van der Waals surface area (Å²) in [6.07, 6.45) is 0.513. The van der Waals surface area contributed by atoms with Crippen molar-refractivity contribution >= 4 is 17.4 Å². The van der Waals surface area contributed by atoms with Crippen LogP contribution in [0.4, 0.5) is 11.6 Å². The number of carbonyl (C=O) groups is 1. The minimum absolute atomic E-state index is 0.171. The molecule has 5 nitrogen and oxygen atoms in total. The number of nitrogens with one attached hydrogen (secondary N) is 2. The molecule has 2 N–H and O–H groups in total. The number of rotatable bonds is 6. The number of aryl methyl sites for hydroxylation is 1. The predicted octanol–water partition coefficient (Wildman–Crippen LogP) is 1.61. The van der Waals surface area contributed by atoms with Crippen molar-refractivity contribution in [2.24, 2.45) is 0 Å². The maximum absolute atomic E-state index is 10.8. The van der Waals surface area contributed by atoms with Crippen LogP contribution in [0.1, 0.15) is 26.1 Å². The largest absolute Gasteiger partial charge is 0.370 e. The fraction of sp³-hybridized carbons (Fsp3) is 0.545. The van der Waals surface area contributed by atoms with Gasteiger partial charge in [0.15, 0.2) is 0 Å². The third kappa shape index (κ3) is 4.25. The summed E-state index contributed by atoms with van der Waals surface area (Å²) < 4.78 is 0. The number of ketones is 1. The molecule has 1 rings (SSSR count). The van der Waals surface area contributed by atoms with Gasteiger partial charge in [0.05, 0.1) is 0 Å². The topological polar surface area (TPSA) is 66.9 Å². The molecule has 0 amide bonds.